The molecular weight excluding hydrogens is 499 g/mol. The van der Waals surface area contributed by atoms with Crippen LogP contribution in [0.25, 0.3) is 17.0 Å². The van der Waals surface area contributed by atoms with E-state index in [1.807, 2.05) is 65.7 Å². The molecule has 192 valence electrons. The van der Waals surface area contributed by atoms with Crippen LogP contribution in [0.3, 0.4) is 0 Å². The first-order valence-corrected chi connectivity index (χ1v) is 13.5. The second kappa shape index (κ2) is 10.8. The number of carbonyl (C=O) groups is 1. The van der Waals surface area contributed by atoms with Gasteiger partial charge in [-0.25, -0.2) is 9.38 Å². The maximum Gasteiger partial charge on any atom is 0.266 e. The van der Waals surface area contributed by atoms with Gasteiger partial charge >= 0.3 is 0 Å². The molecule has 38 heavy (non-hydrogen) atoms. The van der Waals surface area contributed by atoms with Crippen molar-refractivity contribution in [3.05, 3.63) is 101 Å². The first-order valence-electron chi connectivity index (χ1n) is 12.7. The van der Waals surface area contributed by atoms with Crippen LogP contribution in [0.1, 0.15) is 11.1 Å². The minimum absolute atomic E-state index is 0.123. The van der Waals surface area contributed by atoms with Gasteiger partial charge in [0.25, 0.3) is 5.91 Å². The number of amidine groups is 1. The van der Waals surface area contributed by atoms with Crippen LogP contribution in [-0.4, -0.2) is 53.8 Å². The lowest BCUT2D eigenvalue weighted by Gasteiger charge is -2.29. The molecule has 0 radical (unpaired) electrons. The smallest absolute Gasteiger partial charge is 0.266 e. The van der Waals surface area contributed by atoms with Crippen LogP contribution in [0.15, 0.2) is 88.9 Å². The Morgan fingerprint density at radius 2 is 1.82 bits per heavy atom. The maximum atomic E-state index is 15.0. The minimum atomic E-state index is -0.300. The van der Waals surface area contributed by atoms with Crippen LogP contribution in [0.5, 0.6) is 0 Å². The molecule has 4 aromatic rings. The van der Waals surface area contributed by atoms with Gasteiger partial charge in [-0.3, -0.25) is 9.69 Å². The van der Waals surface area contributed by atoms with Crippen LogP contribution in [0, 0.1) is 5.82 Å². The summed E-state index contributed by atoms with van der Waals surface area (Å²) in [7, 11) is 0. The molecule has 0 bridgehead atoms. The van der Waals surface area contributed by atoms with Gasteiger partial charge in [-0.2, -0.15) is 0 Å². The number of para-hydroxylation sites is 2. The van der Waals surface area contributed by atoms with E-state index in [0.717, 1.165) is 22.2 Å². The first kappa shape index (κ1) is 24.5. The number of aliphatic imine (C=N–C) groups is 1. The van der Waals surface area contributed by atoms with Crippen molar-refractivity contribution in [3.8, 4) is 0 Å². The topological polar surface area (TPSA) is 60.9 Å². The molecular formula is C30H27FN4O2S. The lowest BCUT2D eigenvalue weighted by atomic mass is 10.1. The number of halogens is 1. The van der Waals surface area contributed by atoms with Crippen LogP contribution >= 0.6 is 11.8 Å². The lowest BCUT2D eigenvalue weighted by molar-refractivity contribution is -0.122. The quantitative estimate of drug-likeness (QED) is 0.314. The standard InChI is InChI=1S/C30H27FN4O2S/c31-25-18-21(10-11-27(25)34-14-16-37-17-15-34)19-28-29(36)35(30(38-28)33-23-6-2-1-3-7-23)13-12-22-20-32-26-9-5-4-8-24(22)26/h1-11,18-20,32H,12-17H2/b28-19-,33-30?. The van der Waals surface area contributed by atoms with Gasteiger partial charge in [-0.1, -0.05) is 42.5 Å². The summed E-state index contributed by atoms with van der Waals surface area (Å²) in [5.74, 6) is -0.423. The van der Waals surface area contributed by atoms with E-state index in [9.17, 15) is 4.79 Å². The SMILES string of the molecule is O=C1/C(=C/c2ccc(N3CCOCC3)c(F)c2)SC(=Nc2ccccc2)N1CCc1c[nH]c2ccccc12. The Balaban J connectivity index is 1.27. The highest BCUT2D eigenvalue weighted by atomic mass is 32.2. The predicted octanol–water partition coefficient (Wildman–Crippen LogP) is 5.99. The van der Waals surface area contributed by atoms with Crippen molar-refractivity contribution in [1.29, 1.82) is 0 Å². The molecule has 0 spiro atoms. The van der Waals surface area contributed by atoms with E-state index in [-0.39, 0.29) is 11.7 Å². The van der Waals surface area contributed by atoms with E-state index >= 15 is 4.39 Å². The van der Waals surface area contributed by atoms with Gasteiger partial charge in [0.1, 0.15) is 5.82 Å². The Hall–Kier alpha value is -3.88. The molecule has 3 aromatic carbocycles. The predicted molar refractivity (Wildman–Crippen MR) is 152 cm³/mol. The Morgan fingerprint density at radius 1 is 1.03 bits per heavy atom. The highest BCUT2D eigenvalue weighted by molar-refractivity contribution is 8.18. The largest absolute Gasteiger partial charge is 0.378 e. The van der Waals surface area contributed by atoms with E-state index in [1.165, 1.54) is 17.8 Å². The van der Waals surface area contributed by atoms with Gasteiger partial charge in [0.05, 0.1) is 29.5 Å². The summed E-state index contributed by atoms with van der Waals surface area (Å²) in [5.41, 5.74) is 4.21. The summed E-state index contributed by atoms with van der Waals surface area (Å²) in [6.45, 7) is 3.00. The monoisotopic (exact) mass is 526 g/mol. The Bertz CT molecular complexity index is 1530. The summed E-state index contributed by atoms with van der Waals surface area (Å²) >= 11 is 1.33. The average molecular weight is 527 g/mol. The second-order valence-electron chi connectivity index (χ2n) is 9.22. The zero-order chi connectivity index (χ0) is 25.9. The first-order chi connectivity index (χ1) is 18.7. The molecule has 6 nitrogen and oxygen atoms in total. The highest BCUT2D eigenvalue weighted by Gasteiger charge is 2.33. The summed E-state index contributed by atoms with van der Waals surface area (Å²) in [4.78, 5) is 25.9. The third-order valence-corrected chi connectivity index (χ3v) is 7.78. The van der Waals surface area contributed by atoms with Crippen molar-refractivity contribution in [2.24, 2.45) is 4.99 Å². The number of hydrogen-bond acceptors (Lipinski definition) is 5. The third-order valence-electron chi connectivity index (χ3n) is 6.77. The zero-order valence-electron chi connectivity index (χ0n) is 20.8. The number of ether oxygens (including phenoxy) is 1. The number of amides is 1. The number of nitrogens with one attached hydrogen (secondary N) is 1. The number of morpholine rings is 1. The van der Waals surface area contributed by atoms with Crippen LogP contribution in [0.2, 0.25) is 0 Å². The van der Waals surface area contributed by atoms with Gasteiger partial charge < -0.3 is 14.6 Å². The third kappa shape index (κ3) is 5.10. The second-order valence-corrected chi connectivity index (χ2v) is 10.2. The van der Waals surface area contributed by atoms with Gasteiger partial charge in [0.15, 0.2) is 5.17 Å². The van der Waals surface area contributed by atoms with Crippen molar-refractivity contribution in [3.63, 3.8) is 0 Å². The van der Waals surface area contributed by atoms with Gasteiger partial charge in [0.2, 0.25) is 0 Å². The van der Waals surface area contributed by atoms with Gasteiger partial charge in [0, 0.05) is 36.7 Å². The fraction of sp³-hybridized carbons (Fsp3) is 0.200. The van der Waals surface area contributed by atoms with Gasteiger partial charge in [-0.15, -0.1) is 0 Å². The molecule has 6 rings (SSSR count). The van der Waals surface area contributed by atoms with Crippen molar-refractivity contribution >= 4 is 51.2 Å². The van der Waals surface area contributed by atoms with E-state index in [4.69, 9.17) is 9.73 Å². The molecule has 2 fully saturated rings. The van der Waals surface area contributed by atoms with Crippen molar-refractivity contribution in [1.82, 2.24) is 9.88 Å². The molecule has 0 atom stereocenters. The minimum Gasteiger partial charge on any atom is -0.378 e. The summed E-state index contributed by atoms with van der Waals surface area (Å²) in [6, 6.07) is 22.9. The molecule has 0 unspecified atom stereocenters. The van der Waals surface area contributed by atoms with Crippen LogP contribution in [0.4, 0.5) is 15.8 Å². The molecule has 1 aromatic heterocycles. The average Bonchev–Trinajstić information content (AvgIpc) is 3.49. The number of aromatic amines is 1. The summed E-state index contributed by atoms with van der Waals surface area (Å²) < 4.78 is 20.4. The van der Waals surface area contributed by atoms with Crippen LogP contribution < -0.4 is 4.90 Å². The highest BCUT2D eigenvalue weighted by Crippen LogP contribution is 2.35. The molecule has 2 aliphatic heterocycles. The molecule has 8 heteroatoms. The van der Waals surface area contributed by atoms with Crippen molar-refractivity contribution in [2.75, 3.05) is 37.7 Å². The van der Waals surface area contributed by atoms with Gasteiger partial charge in [-0.05, 0) is 65.7 Å². The molecule has 1 N–H and O–H groups in total. The number of H-pyrrole nitrogens is 1. The number of fused-ring (bicyclic) bond motifs is 1. The van der Waals surface area contributed by atoms with E-state index in [2.05, 4.69) is 11.1 Å². The van der Waals surface area contributed by atoms with E-state index in [1.54, 1.807) is 17.0 Å². The Morgan fingerprint density at radius 3 is 2.63 bits per heavy atom. The molecule has 2 saturated heterocycles. The molecule has 0 aliphatic carbocycles. The zero-order valence-corrected chi connectivity index (χ0v) is 21.6. The number of anilines is 1. The fourth-order valence-electron chi connectivity index (χ4n) is 4.80. The number of rotatable bonds is 6. The maximum absolute atomic E-state index is 15.0. The van der Waals surface area contributed by atoms with Crippen LogP contribution in [-0.2, 0) is 16.0 Å². The van der Waals surface area contributed by atoms with Crippen molar-refractivity contribution < 1.29 is 13.9 Å². The fourth-order valence-corrected chi connectivity index (χ4v) is 5.82. The van der Waals surface area contributed by atoms with E-state index < -0.39 is 0 Å². The number of nitrogens with zero attached hydrogens (tertiary/aromatic N) is 3. The Labute approximate surface area is 224 Å². The summed E-state index contributed by atoms with van der Waals surface area (Å²) in [5, 5.41) is 1.78. The Kier molecular flexibility index (Phi) is 6.98. The number of thioether (sulfide) groups is 1. The summed E-state index contributed by atoms with van der Waals surface area (Å²) in [6.07, 6.45) is 4.44. The molecule has 3 heterocycles. The lowest BCUT2D eigenvalue weighted by Crippen LogP contribution is -2.36. The molecule has 0 saturated carbocycles. The normalized spacial score (nSPS) is 18.3. The number of benzene rings is 3. The number of hydrogen-bond donors (Lipinski definition) is 1. The number of carbonyl (C=O) groups excluding carboxylic acids is 1. The van der Waals surface area contributed by atoms with Crippen molar-refractivity contribution in [2.45, 2.75) is 6.42 Å². The molecule has 2 aliphatic rings. The number of aromatic nitrogens is 1. The molecule has 1 amide bonds. The van der Waals surface area contributed by atoms with E-state index in [0.29, 0.717) is 60.6 Å².